The first-order valence-corrected chi connectivity index (χ1v) is 9.28. The molecule has 0 heterocycles. The van der Waals surface area contributed by atoms with Crippen molar-refractivity contribution in [3.63, 3.8) is 0 Å². The summed E-state index contributed by atoms with van der Waals surface area (Å²) in [6, 6.07) is 13.3. The fourth-order valence-corrected chi connectivity index (χ4v) is 3.54. The van der Waals surface area contributed by atoms with E-state index in [1.165, 1.54) is 0 Å². The average Bonchev–Trinajstić information content (AvgIpc) is 2.59. The highest BCUT2D eigenvalue weighted by molar-refractivity contribution is 7.91. The van der Waals surface area contributed by atoms with Gasteiger partial charge >= 0.3 is 0 Å². The van der Waals surface area contributed by atoms with E-state index in [4.69, 9.17) is 9.47 Å². The van der Waals surface area contributed by atoms with Gasteiger partial charge in [-0.1, -0.05) is 38.1 Å². The minimum Gasteiger partial charge on any atom is -0.490 e. The maximum absolute atomic E-state index is 12.9. The first-order valence-electron chi connectivity index (χ1n) is 7.80. The third-order valence-corrected chi connectivity index (χ3v) is 4.99. The summed E-state index contributed by atoms with van der Waals surface area (Å²) in [6.45, 7) is 4.92. The quantitative estimate of drug-likeness (QED) is 0.729. The van der Waals surface area contributed by atoms with Crippen molar-refractivity contribution in [3.8, 4) is 11.5 Å². The second kappa shape index (κ2) is 8.02. The van der Waals surface area contributed by atoms with Gasteiger partial charge in [0.05, 0.1) is 18.1 Å². The monoisotopic (exact) mass is 334 g/mol. The van der Waals surface area contributed by atoms with E-state index in [9.17, 15) is 8.42 Å². The highest BCUT2D eigenvalue weighted by atomic mass is 32.2. The Balaban J connectivity index is 2.52. The summed E-state index contributed by atoms with van der Waals surface area (Å²) in [7, 11) is -3.65. The molecular formula is C18H22O4S. The second-order valence-electron chi connectivity index (χ2n) is 5.10. The van der Waals surface area contributed by atoms with Crippen LogP contribution in [-0.4, -0.2) is 21.6 Å². The van der Waals surface area contributed by atoms with Crippen molar-refractivity contribution in [2.24, 2.45) is 0 Å². The zero-order valence-corrected chi connectivity index (χ0v) is 14.3. The van der Waals surface area contributed by atoms with Gasteiger partial charge in [-0.25, -0.2) is 8.42 Å². The second-order valence-corrected chi connectivity index (χ2v) is 7.01. The van der Waals surface area contributed by atoms with Crippen molar-refractivity contribution in [2.75, 3.05) is 13.2 Å². The predicted molar refractivity (Wildman–Crippen MR) is 89.9 cm³/mol. The molecule has 0 amide bonds. The van der Waals surface area contributed by atoms with Crippen molar-refractivity contribution in [2.45, 2.75) is 36.5 Å². The van der Waals surface area contributed by atoms with Gasteiger partial charge < -0.3 is 9.47 Å². The normalized spacial score (nSPS) is 11.2. The highest BCUT2D eigenvalue weighted by Gasteiger charge is 2.24. The lowest BCUT2D eigenvalue weighted by atomic mass is 10.3. The summed E-state index contributed by atoms with van der Waals surface area (Å²) in [4.78, 5) is 0.389. The van der Waals surface area contributed by atoms with Crippen molar-refractivity contribution < 1.29 is 17.9 Å². The van der Waals surface area contributed by atoms with Crippen LogP contribution in [0, 0.1) is 0 Å². The van der Waals surface area contributed by atoms with Gasteiger partial charge in [0.1, 0.15) is 4.90 Å². The zero-order chi connectivity index (χ0) is 16.7. The lowest BCUT2D eigenvalue weighted by Gasteiger charge is -2.16. The lowest BCUT2D eigenvalue weighted by molar-refractivity contribution is 0.262. The van der Waals surface area contributed by atoms with Crippen LogP contribution in [0.1, 0.15) is 26.7 Å². The van der Waals surface area contributed by atoms with Gasteiger partial charge in [-0.2, -0.15) is 0 Å². The van der Waals surface area contributed by atoms with E-state index >= 15 is 0 Å². The summed E-state index contributed by atoms with van der Waals surface area (Å²) >= 11 is 0. The molecule has 2 aromatic carbocycles. The largest absolute Gasteiger partial charge is 0.490 e. The van der Waals surface area contributed by atoms with Crippen molar-refractivity contribution in [1.29, 1.82) is 0 Å². The molecule has 2 rings (SSSR count). The average molecular weight is 334 g/mol. The van der Waals surface area contributed by atoms with E-state index in [-0.39, 0.29) is 9.79 Å². The van der Waals surface area contributed by atoms with Gasteiger partial charge in [0, 0.05) is 0 Å². The maximum Gasteiger partial charge on any atom is 0.210 e. The standard InChI is InChI=1S/C18H22O4S/c1-3-13-21-16-11-8-12-17(18(16)22-14-4-2)23(19,20)15-9-6-5-7-10-15/h5-12H,3-4,13-14H2,1-2H3. The Labute approximate surface area is 138 Å². The number of ether oxygens (including phenoxy) is 2. The zero-order valence-electron chi connectivity index (χ0n) is 13.5. The van der Waals surface area contributed by atoms with E-state index in [1.54, 1.807) is 48.5 Å². The van der Waals surface area contributed by atoms with Crippen LogP contribution in [0.2, 0.25) is 0 Å². The Bertz CT molecular complexity index is 724. The van der Waals surface area contributed by atoms with Gasteiger partial charge in [-0.15, -0.1) is 0 Å². The molecule has 0 saturated carbocycles. The van der Waals surface area contributed by atoms with E-state index in [0.717, 1.165) is 12.8 Å². The fraction of sp³-hybridized carbons (Fsp3) is 0.333. The van der Waals surface area contributed by atoms with Crippen LogP contribution in [0.5, 0.6) is 11.5 Å². The molecule has 0 N–H and O–H groups in total. The Kier molecular flexibility index (Phi) is 6.04. The number of benzene rings is 2. The summed E-state index contributed by atoms with van der Waals surface area (Å²) in [5, 5.41) is 0. The van der Waals surface area contributed by atoms with Crippen molar-refractivity contribution >= 4 is 9.84 Å². The number of sulfone groups is 1. The first kappa shape index (κ1) is 17.3. The topological polar surface area (TPSA) is 52.6 Å². The smallest absolute Gasteiger partial charge is 0.210 e. The molecule has 0 radical (unpaired) electrons. The molecule has 0 aliphatic rings. The van der Waals surface area contributed by atoms with Crippen LogP contribution in [-0.2, 0) is 9.84 Å². The van der Waals surface area contributed by atoms with E-state index < -0.39 is 9.84 Å². The van der Waals surface area contributed by atoms with E-state index in [1.807, 2.05) is 13.8 Å². The molecule has 0 bridgehead atoms. The van der Waals surface area contributed by atoms with Crippen molar-refractivity contribution in [1.82, 2.24) is 0 Å². The third kappa shape index (κ3) is 4.05. The number of hydrogen-bond acceptors (Lipinski definition) is 4. The summed E-state index contributed by atoms with van der Waals surface area (Å²) in [5.74, 6) is 0.768. The lowest BCUT2D eigenvalue weighted by Crippen LogP contribution is -2.08. The SMILES string of the molecule is CCCOc1cccc(S(=O)(=O)c2ccccc2)c1OCCC. The Morgan fingerprint density at radius 1 is 0.826 bits per heavy atom. The minimum atomic E-state index is -3.65. The van der Waals surface area contributed by atoms with Crippen molar-refractivity contribution in [3.05, 3.63) is 48.5 Å². The summed E-state index contributed by atoms with van der Waals surface area (Å²) in [5.41, 5.74) is 0. The van der Waals surface area contributed by atoms with Gasteiger partial charge in [0.2, 0.25) is 9.84 Å². The Hall–Kier alpha value is -2.01. The number of rotatable bonds is 8. The number of para-hydroxylation sites is 1. The Morgan fingerprint density at radius 2 is 1.48 bits per heavy atom. The van der Waals surface area contributed by atoms with Gasteiger partial charge in [-0.05, 0) is 37.1 Å². The van der Waals surface area contributed by atoms with Crippen LogP contribution in [0.25, 0.3) is 0 Å². The maximum atomic E-state index is 12.9. The molecule has 124 valence electrons. The number of hydrogen-bond donors (Lipinski definition) is 0. The van der Waals surface area contributed by atoms with E-state index in [2.05, 4.69) is 0 Å². The van der Waals surface area contributed by atoms with Crippen LogP contribution in [0.3, 0.4) is 0 Å². The van der Waals surface area contributed by atoms with Crippen LogP contribution >= 0.6 is 0 Å². The molecule has 0 aliphatic carbocycles. The molecule has 0 fully saturated rings. The first-order chi connectivity index (χ1) is 11.1. The minimum absolute atomic E-state index is 0.144. The molecule has 0 saturated heterocycles. The predicted octanol–water partition coefficient (Wildman–Crippen LogP) is 4.10. The summed E-state index contributed by atoms with van der Waals surface area (Å²) < 4.78 is 37.2. The molecule has 23 heavy (non-hydrogen) atoms. The molecule has 0 atom stereocenters. The molecule has 0 spiro atoms. The van der Waals surface area contributed by atoms with E-state index in [0.29, 0.717) is 24.7 Å². The molecule has 0 aromatic heterocycles. The highest BCUT2D eigenvalue weighted by Crippen LogP contribution is 2.37. The summed E-state index contributed by atoms with van der Waals surface area (Å²) in [6.07, 6.45) is 1.62. The van der Waals surface area contributed by atoms with Gasteiger partial charge in [0.25, 0.3) is 0 Å². The molecule has 4 nitrogen and oxygen atoms in total. The van der Waals surface area contributed by atoms with Gasteiger partial charge in [-0.3, -0.25) is 0 Å². The van der Waals surface area contributed by atoms with Crippen LogP contribution in [0.15, 0.2) is 58.3 Å². The Morgan fingerprint density at radius 3 is 2.13 bits per heavy atom. The van der Waals surface area contributed by atoms with Crippen LogP contribution in [0.4, 0.5) is 0 Å². The molecule has 0 aliphatic heterocycles. The third-order valence-electron chi connectivity index (χ3n) is 3.20. The molecule has 2 aromatic rings. The van der Waals surface area contributed by atoms with Gasteiger partial charge in [0.15, 0.2) is 11.5 Å². The molecular weight excluding hydrogens is 312 g/mol. The molecule has 5 heteroatoms. The molecule has 0 unspecified atom stereocenters. The van der Waals surface area contributed by atoms with Crippen LogP contribution < -0.4 is 9.47 Å². The fourth-order valence-electron chi connectivity index (χ4n) is 2.11.